The lowest BCUT2D eigenvalue weighted by Gasteiger charge is -2.02. The number of isothiocyanates is 1. The minimum absolute atomic E-state index is 0.498. The van der Waals surface area contributed by atoms with Gasteiger partial charge < -0.3 is 4.74 Å². The van der Waals surface area contributed by atoms with Crippen LogP contribution in [0, 0.1) is 0 Å². The third-order valence-electron chi connectivity index (χ3n) is 1.20. The van der Waals surface area contributed by atoms with E-state index in [4.69, 9.17) is 4.74 Å². The summed E-state index contributed by atoms with van der Waals surface area (Å²) in [6, 6.07) is 3.55. The highest BCUT2D eigenvalue weighted by Crippen LogP contribution is 2.22. The number of nitrogens with zero attached hydrogens (tertiary/aromatic N) is 2. The number of hydrogen-bond acceptors (Lipinski definition) is 4. The zero-order valence-electron chi connectivity index (χ0n) is 6.65. The fourth-order valence-corrected chi connectivity index (χ4v) is 0.863. The predicted octanol–water partition coefficient (Wildman–Crippen LogP) is 2.21. The Bertz CT molecular complexity index is 308. The molecule has 1 rings (SSSR count). The van der Waals surface area contributed by atoms with Crippen molar-refractivity contribution < 1.29 is 4.74 Å². The second kappa shape index (κ2) is 4.59. The Balaban J connectivity index is 2.99. The second-order valence-electron chi connectivity index (χ2n) is 1.96. The molecular formula is C8H8N2OS. The van der Waals surface area contributed by atoms with Crippen molar-refractivity contribution in [3.8, 4) is 5.88 Å². The van der Waals surface area contributed by atoms with E-state index in [-0.39, 0.29) is 0 Å². The predicted molar refractivity (Wildman–Crippen MR) is 50.1 cm³/mol. The first-order valence-corrected chi connectivity index (χ1v) is 3.95. The molecule has 0 aromatic carbocycles. The fourth-order valence-electron chi connectivity index (χ4n) is 0.765. The summed E-state index contributed by atoms with van der Waals surface area (Å²) in [5, 5.41) is 2.27. The maximum absolute atomic E-state index is 5.20. The standard InChI is InChI=1S/C8H8N2OS/c1-2-11-8-7(10-6-12)4-3-5-9-8/h3-5H,2H2,1H3. The smallest absolute Gasteiger partial charge is 0.240 e. The quantitative estimate of drug-likeness (QED) is 0.528. The second-order valence-corrected chi connectivity index (χ2v) is 2.15. The van der Waals surface area contributed by atoms with E-state index in [0.29, 0.717) is 18.2 Å². The van der Waals surface area contributed by atoms with Gasteiger partial charge >= 0.3 is 0 Å². The lowest BCUT2D eigenvalue weighted by Crippen LogP contribution is -1.93. The number of rotatable bonds is 3. The molecule has 0 fully saturated rings. The summed E-state index contributed by atoms with van der Waals surface area (Å²) in [5.74, 6) is 0.498. The van der Waals surface area contributed by atoms with Gasteiger partial charge in [-0.1, -0.05) is 0 Å². The third kappa shape index (κ3) is 2.12. The maximum atomic E-state index is 5.20. The van der Waals surface area contributed by atoms with Gasteiger partial charge in [0.1, 0.15) is 5.69 Å². The summed E-state index contributed by atoms with van der Waals surface area (Å²) in [6.07, 6.45) is 1.65. The van der Waals surface area contributed by atoms with Gasteiger partial charge in [0, 0.05) is 6.20 Å². The lowest BCUT2D eigenvalue weighted by atomic mass is 10.4. The van der Waals surface area contributed by atoms with Gasteiger partial charge in [0.05, 0.1) is 11.8 Å². The van der Waals surface area contributed by atoms with Crippen LogP contribution in [-0.4, -0.2) is 16.8 Å². The van der Waals surface area contributed by atoms with Gasteiger partial charge in [-0.2, -0.15) is 4.99 Å². The van der Waals surface area contributed by atoms with E-state index in [9.17, 15) is 0 Å². The maximum Gasteiger partial charge on any atom is 0.240 e. The van der Waals surface area contributed by atoms with Gasteiger partial charge in [-0.3, -0.25) is 0 Å². The van der Waals surface area contributed by atoms with Gasteiger partial charge in [0.2, 0.25) is 5.88 Å². The normalized spacial score (nSPS) is 8.75. The van der Waals surface area contributed by atoms with Crippen molar-refractivity contribution >= 4 is 23.1 Å². The van der Waals surface area contributed by atoms with Crippen LogP contribution < -0.4 is 4.74 Å². The molecule has 1 aromatic rings. The molecule has 0 aliphatic carbocycles. The van der Waals surface area contributed by atoms with E-state index in [1.165, 1.54) is 0 Å². The molecule has 1 aromatic heterocycles. The summed E-state index contributed by atoms with van der Waals surface area (Å²) >= 11 is 4.48. The molecule has 12 heavy (non-hydrogen) atoms. The van der Waals surface area contributed by atoms with E-state index in [1.54, 1.807) is 18.3 Å². The summed E-state index contributed by atoms with van der Waals surface area (Å²) < 4.78 is 5.20. The topological polar surface area (TPSA) is 34.5 Å². The van der Waals surface area contributed by atoms with Crippen molar-refractivity contribution in [2.24, 2.45) is 4.99 Å². The SMILES string of the molecule is CCOc1ncccc1N=C=S. The van der Waals surface area contributed by atoms with E-state index in [2.05, 4.69) is 27.4 Å². The van der Waals surface area contributed by atoms with Crippen LogP contribution in [0.2, 0.25) is 0 Å². The molecule has 0 atom stereocenters. The highest BCUT2D eigenvalue weighted by Gasteiger charge is 2.00. The van der Waals surface area contributed by atoms with Gasteiger partial charge in [-0.05, 0) is 31.3 Å². The van der Waals surface area contributed by atoms with Crippen LogP contribution in [0.5, 0.6) is 5.88 Å². The molecule has 1 heterocycles. The van der Waals surface area contributed by atoms with Crippen LogP contribution in [0.4, 0.5) is 5.69 Å². The number of pyridine rings is 1. The Morgan fingerprint density at radius 1 is 1.75 bits per heavy atom. The number of ether oxygens (including phenoxy) is 1. The van der Waals surface area contributed by atoms with Crippen LogP contribution in [0.3, 0.4) is 0 Å². The minimum Gasteiger partial charge on any atom is -0.476 e. The molecule has 0 aliphatic heterocycles. The Hall–Kier alpha value is -1.25. The summed E-state index contributed by atoms with van der Waals surface area (Å²) in [6.45, 7) is 2.45. The van der Waals surface area contributed by atoms with Crippen molar-refractivity contribution in [3.63, 3.8) is 0 Å². The van der Waals surface area contributed by atoms with Gasteiger partial charge in [0.25, 0.3) is 0 Å². The molecule has 3 nitrogen and oxygen atoms in total. The minimum atomic E-state index is 0.498. The van der Waals surface area contributed by atoms with Gasteiger partial charge in [0.15, 0.2) is 0 Å². The Kier molecular flexibility index (Phi) is 3.38. The molecular weight excluding hydrogens is 172 g/mol. The molecule has 0 N–H and O–H groups in total. The number of thiocarbonyl (C=S) groups is 1. The van der Waals surface area contributed by atoms with E-state index in [1.807, 2.05) is 6.92 Å². The van der Waals surface area contributed by atoms with Crippen LogP contribution >= 0.6 is 12.2 Å². The first-order valence-electron chi connectivity index (χ1n) is 3.54. The summed E-state index contributed by atoms with van der Waals surface area (Å²) in [7, 11) is 0. The number of aliphatic imine (C=N–C) groups is 1. The average molecular weight is 180 g/mol. The third-order valence-corrected chi connectivity index (χ3v) is 1.29. The van der Waals surface area contributed by atoms with Crippen molar-refractivity contribution in [2.75, 3.05) is 6.61 Å². The summed E-state index contributed by atoms with van der Waals surface area (Å²) in [4.78, 5) is 7.79. The average Bonchev–Trinajstić information content (AvgIpc) is 2.09. The largest absolute Gasteiger partial charge is 0.476 e. The molecule has 4 heteroatoms. The van der Waals surface area contributed by atoms with E-state index in [0.717, 1.165) is 0 Å². The van der Waals surface area contributed by atoms with E-state index < -0.39 is 0 Å². The van der Waals surface area contributed by atoms with Crippen LogP contribution in [0.15, 0.2) is 23.3 Å². The Morgan fingerprint density at radius 2 is 2.58 bits per heavy atom. The molecule has 0 bridgehead atoms. The van der Waals surface area contributed by atoms with E-state index >= 15 is 0 Å². The van der Waals surface area contributed by atoms with Crippen LogP contribution in [-0.2, 0) is 0 Å². The zero-order valence-corrected chi connectivity index (χ0v) is 7.47. The summed E-state index contributed by atoms with van der Waals surface area (Å²) in [5.41, 5.74) is 0.620. The lowest BCUT2D eigenvalue weighted by molar-refractivity contribution is 0.328. The molecule has 0 amide bonds. The molecule has 0 spiro atoms. The van der Waals surface area contributed by atoms with Crippen LogP contribution in [0.25, 0.3) is 0 Å². The molecule has 0 unspecified atom stereocenters. The molecule has 0 saturated heterocycles. The van der Waals surface area contributed by atoms with Crippen LogP contribution in [0.1, 0.15) is 6.92 Å². The van der Waals surface area contributed by atoms with Crippen molar-refractivity contribution in [2.45, 2.75) is 6.92 Å². The first kappa shape index (κ1) is 8.84. The Morgan fingerprint density at radius 3 is 3.25 bits per heavy atom. The number of hydrogen-bond donors (Lipinski definition) is 0. The number of aromatic nitrogens is 1. The van der Waals surface area contributed by atoms with Crippen molar-refractivity contribution in [3.05, 3.63) is 18.3 Å². The fraction of sp³-hybridized carbons (Fsp3) is 0.250. The highest BCUT2D eigenvalue weighted by atomic mass is 32.1. The molecule has 0 radical (unpaired) electrons. The molecule has 0 aliphatic rings. The van der Waals surface area contributed by atoms with Crippen molar-refractivity contribution in [1.29, 1.82) is 0 Å². The highest BCUT2D eigenvalue weighted by molar-refractivity contribution is 7.78. The van der Waals surface area contributed by atoms with Gasteiger partial charge in [-0.25, -0.2) is 4.98 Å². The van der Waals surface area contributed by atoms with Crippen molar-refractivity contribution in [1.82, 2.24) is 4.98 Å². The zero-order chi connectivity index (χ0) is 8.81. The molecule has 0 saturated carbocycles. The Labute approximate surface area is 76.1 Å². The van der Waals surface area contributed by atoms with Gasteiger partial charge in [-0.15, -0.1) is 0 Å². The monoisotopic (exact) mass is 180 g/mol. The molecule has 62 valence electrons. The first-order chi connectivity index (χ1) is 5.88.